The summed E-state index contributed by atoms with van der Waals surface area (Å²) in [5, 5.41) is 8.93. The minimum Gasteiger partial charge on any atom is -0.443 e. The number of nitrogens with zero attached hydrogens (tertiary/aromatic N) is 1. The number of rotatable bonds is 2. The Balaban J connectivity index is 2.12. The number of allylic oxidation sites excluding steroid dienone is 1. The van der Waals surface area contributed by atoms with Crippen molar-refractivity contribution in [2.24, 2.45) is 0 Å². The molecule has 1 aromatic carbocycles. The van der Waals surface area contributed by atoms with Gasteiger partial charge in [-0.25, -0.2) is 0 Å². The van der Waals surface area contributed by atoms with Crippen LogP contribution in [-0.2, 0) is 22.4 Å². The van der Waals surface area contributed by atoms with Crippen molar-refractivity contribution in [1.29, 1.82) is 5.26 Å². The van der Waals surface area contributed by atoms with Gasteiger partial charge in [0, 0.05) is 6.92 Å². The van der Waals surface area contributed by atoms with Gasteiger partial charge in [-0.3, -0.25) is 4.79 Å². The van der Waals surface area contributed by atoms with Crippen molar-refractivity contribution in [3.63, 3.8) is 0 Å². The van der Waals surface area contributed by atoms with Crippen LogP contribution in [0.25, 0.3) is 0 Å². The summed E-state index contributed by atoms with van der Waals surface area (Å²) in [6.07, 6.45) is 3.77. The maximum atomic E-state index is 10.9. The van der Waals surface area contributed by atoms with Crippen molar-refractivity contribution in [2.75, 3.05) is 0 Å². The van der Waals surface area contributed by atoms with Crippen molar-refractivity contribution >= 4 is 5.97 Å². The van der Waals surface area contributed by atoms with E-state index in [-0.39, 0.29) is 0 Å². The second-order valence-corrected chi connectivity index (χ2v) is 4.43. The van der Waals surface area contributed by atoms with Gasteiger partial charge in [0.2, 0.25) is 6.10 Å². The molecule has 1 aliphatic rings. The molecule has 0 N–H and O–H groups in total. The Kier molecular flexibility index (Phi) is 3.78. The molecule has 0 aliphatic heterocycles. The van der Waals surface area contributed by atoms with Gasteiger partial charge in [0.15, 0.2) is 0 Å². The first-order valence-corrected chi connectivity index (χ1v) is 6.02. The lowest BCUT2D eigenvalue weighted by molar-refractivity contribution is -0.142. The summed E-state index contributed by atoms with van der Waals surface area (Å²) < 4.78 is 4.91. The van der Waals surface area contributed by atoms with Crippen molar-refractivity contribution in [2.45, 2.75) is 32.3 Å². The summed E-state index contributed by atoms with van der Waals surface area (Å²) >= 11 is 0. The third kappa shape index (κ3) is 2.98. The maximum absolute atomic E-state index is 10.9. The Labute approximate surface area is 107 Å². The standard InChI is InChI=1S/C15H15NO2/c1-11(17)18-15(10-16)9-12-6-7-13-4-2-3-5-14(13)8-12/h2-5,9,15H,6-8H2,1H3. The quantitative estimate of drug-likeness (QED) is 0.590. The van der Waals surface area contributed by atoms with Crippen molar-refractivity contribution in [1.82, 2.24) is 0 Å². The van der Waals surface area contributed by atoms with Crippen LogP contribution in [0.1, 0.15) is 24.5 Å². The molecule has 18 heavy (non-hydrogen) atoms. The molecule has 0 saturated heterocycles. The summed E-state index contributed by atoms with van der Waals surface area (Å²) in [5.74, 6) is -0.422. The number of fused-ring (bicyclic) bond motifs is 1. The highest BCUT2D eigenvalue weighted by molar-refractivity contribution is 5.66. The SMILES string of the molecule is CC(=O)OC(C#N)C=C1CCc2ccccc2C1. The number of benzene rings is 1. The molecule has 0 amide bonds. The number of hydrogen-bond donors (Lipinski definition) is 0. The van der Waals surface area contributed by atoms with E-state index in [9.17, 15) is 4.79 Å². The first-order chi connectivity index (χ1) is 8.69. The van der Waals surface area contributed by atoms with E-state index in [4.69, 9.17) is 10.00 Å². The van der Waals surface area contributed by atoms with E-state index >= 15 is 0 Å². The summed E-state index contributed by atoms with van der Waals surface area (Å²) in [4.78, 5) is 10.9. The van der Waals surface area contributed by atoms with Gasteiger partial charge in [-0.05, 0) is 36.5 Å². The lowest BCUT2D eigenvalue weighted by atomic mass is 9.87. The van der Waals surface area contributed by atoms with Gasteiger partial charge >= 0.3 is 5.97 Å². The van der Waals surface area contributed by atoms with Gasteiger partial charge in [-0.1, -0.05) is 29.8 Å². The van der Waals surface area contributed by atoms with Crippen LogP contribution >= 0.6 is 0 Å². The van der Waals surface area contributed by atoms with Gasteiger partial charge in [0.05, 0.1) is 0 Å². The Hall–Kier alpha value is -2.08. The molecule has 3 heteroatoms. The molecule has 0 fully saturated rings. The first kappa shape index (κ1) is 12.4. The monoisotopic (exact) mass is 241 g/mol. The molecule has 1 unspecified atom stereocenters. The molecule has 0 spiro atoms. The van der Waals surface area contributed by atoms with Gasteiger partial charge < -0.3 is 4.74 Å². The van der Waals surface area contributed by atoms with Crippen LogP contribution in [0, 0.1) is 11.3 Å². The van der Waals surface area contributed by atoms with Crippen molar-refractivity contribution in [3.05, 3.63) is 47.0 Å². The number of aryl methyl sites for hydroxylation is 1. The van der Waals surface area contributed by atoms with Gasteiger partial charge in [-0.2, -0.15) is 5.26 Å². The number of carbonyl (C=O) groups is 1. The summed E-state index contributed by atoms with van der Waals surface area (Å²) in [5.41, 5.74) is 3.84. The Morgan fingerprint density at radius 2 is 2.11 bits per heavy atom. The molecular weight excluding hydrogens is 226 g/mol. The number of nitriles is 1. The smallest absolute Gasteiger partial charge is 0.304 e. The fraction of sp³-hybridized carbons (Fsp3) is 0.333. The first-order valence-electron chi connectivity index (χ1n) is 6.02. The lowest BCUT2D eigenvalue weighted by Crippen LogP contribution is -2.14. The molecule has 0 saturated carbocycles. The van der Waals surface area contributed by atoms with E-state index < -0.39 is 12.1 Å². The summed E-state index contributed by atoms with van der Waals surface area (Å²) in [7, 11) is 0. The fourth-order valence-electron chi connectivity index (χ4n) is 2.23. The minimum absolute atomic E-state index is 0.422. The van der Waals surface area contributed by atoms with E-state index in [1.807, 2.05) is 18.2 Å². The maximum Gasteiger partial charge on any atom is 0.304 e. The van der Waals surface area contributed by atoms with Gasteiger partial charge in [-0.15, -0.1) is 0 Å². The third-order valence-corrected chi connectivity index (χ3v) is 3.06. The number of esters is 1. The molecule has 1 aliphatic carbocycles. The molecule has 0 bridgehead atoms. The molecule has 3 nitrogen and oxygen atoms in total. The number of ether oxygens (including phenoxy) is 1. The average Bonchev–Trinajstić information content (AvgIpc) is 2.37. The van der Waals surface area contributed by atoms with Crippen LogP contribution in [0.4, 0.5) is 0 Å². The Morgan fingerprint density at radius 1 is 1.39 bits per heavy atom. The highest BCUT2D eigenvalue weighted by atomic mass is 16.5. The Bertz CT molecular complexity index is 526. The highest BCUT2D eigenvalue weighted by Crippen LogP contribution is 2.25. The van der Waals surface area contributed by atoms with E-state index in [1.165, 1.54) is 23.6 Å². The van der Waals surface area contributed by atoms with Crippen LogP contribution in [0.5, 0.6) is 0 Å². The normalized spacial score (nSPS) is 17.7. The van der Waals surface area contributed by atoms with Crippen LogP contribution in [-0.4, -0.2) is 12.1 Å². The van der Waals surface area contributed by atoms with E-state index in [0.29, 0.717) is 0 Å². The molecule has 0 radical (unpaired) electrons. The molecule has 0 heterocycles. The zero-order valence-electron chi connectivity index (χ0n) is 10.3. The summed E-state index contributed by atoms with van der Waals surface area (Å²) in [6.45, 7) is 1.32. The van der Waals surface area contributed by atoms with E-state index in [2.05, 4.69) is 12.1 Å². The minimum atomic E-state index is -0.761. The van der Waals surface area contributed by atoms with Crippen LogP contribution in [0.2, 0.25) is 0 Å². The van der Waals surface area contributed by atoms with Crippen molar-refractivity contribution < 1.29 is 9.53 Å². The number of carbonyl (C=O) groups excluding carboxylic acids is 1. The van der Waals surface area contributed by atoms with Crippen LogP contribution < -0.4 is 0 Å². The van der Waals surface area contributed by atoms with Crippen LogP contribution in [0.3, 0.4) is 0 Å². The predicted octanol–water partition coefficient (Wildman–Crippen LogP) is 2.56. The molecule has 1 atom stereocenters. The predicted molar refractivity (Wildman–Crippen MR) is 67.7 cm³/mol. The Morgan fingerprint density at radius 3 is 2.78 bits per heavy atom. The number of hydrogen-bond acceptors (Lipinski definition) is 3. The zero-order valence-corrected chi connectivity index (χ0v) is 10.3. The highest BCUT2D eigenvalue weighted by Gasteiger charge is 2.15. The van der Waals surface area contributed by atoms with Crippen molar-refractivity contribution in [3.8, 4) is 6.07 Å². The third-order valence-electron chi connectivity index (χ3n) is 3.06. The second kappa shape index (κ2) is 5.50. The second-order valence-electron chi connectivity index (χ2n) is 4.43. The van der Waals surface area contributed by atoms with E-state index in [0.717, 1.165) is 19.3 Å². The molecular formula is C15H15NO2. The van der Waals surface area contributed by atoms with E-state index in [1.54, 1.807) is 6.08 Å². The molecule has 2 rings (SSSR count). The van der Waals surface area contributed by atoms with Gasteiger partial charge in [0.25, 0.3) is 0 Å². The van der Waals surface area contributed by atoms with Gasteiger partial charge in [0.1, 0.15) is 6.07 Å². The average molecular weight is 241 g/mol. The molecule has 92 valence electrons. The lowest BCUT2D eigenvalue weighted by Gasteiger charge is -2.19. The largest absolute Gasteiger partial charge is 0.443 e. The fourth-order valence-corrected chi connectivity index (χ4v) is 2.23. The zero-order chi connectivity index (χ0) is 13.0. The molecule has 1 aromatic rings. The van der Waals surface area contributed by atoms with Crippen LogP contribution in [0.15, 0.2) is 35.9 Å². The topological polar surface area (TPSA) is 50.1 Å². The molecule has 0 aromatic heterocycles. The summed E-state index contributed by atoms with van der Waals surface area (Å²) in [6, 6.07) is 10.3.